The van der Waals surface area contributed by atoms with E-state index < -0.39 is 20.0 Å². The van der Waals surface area contributed by atoms with Crippen molar-refractivity contribution in [3.8, 4) is 0 Å². The Labute approximate surface area is 142 Å². The molecule has 0 atom stereocenters. The van der Waals surface area contributed by atoms with Crippen LogP contribution in [-0.2, 0) is 20.0 Å². The van der Waals surface area contributed by atoms with E-state index in [9.17, 15) is 21.2 Å². The monoisotopic (exact) mass is 379 g/mol. The minimum Gasteiger partial charge on any atom is -0.367 e. The highest BCUT2D eigenvalue weighted by atomic mass is 32.2. The van der Waals surface area contributed by atoms with Crippen LogP contribution in [0.5, 0.6) is 0 Å². The minimum atomic E-state index is -3.54. The van der Waals surface area contributed by atoms with E-state index in [1.165, 1.54) is 17.3 Å². The smallest absolute Gasteiger partial charge is 0.215 e. The van der Waals surface area contributed by atoms with Gasteiger partial charge in [0.15, 0.2) is 0 Å². The molecule has 1 N–H and O–H groups in total. The van der Waals surface area contributed by atoms with Gasteiger partial charge in [-0.25, -0.2) is 25.9 Å². The number of piperazine rings is 1. The van der Waals surface area contributed by atoms with Crippen LogP contribution >= 0.6 is 0 Å². The average Bonchev–Trinajstić information content (AvgIpc) is 2.55. The molecule has 7 nitrogen and oxygen atoms in total. The van der Waals surface area contributed by atoms with Gasteiger partial charge in [-0.3, -0.25) is 0 Å². The third-order valence-corrected chi connectivity index (χ3v) is 7.16. The summed E-state index contributed by atoms with van der Waals surface area (Å²) >= 11 is 0. The molecule has 1 aliphatic rings. The maximum absolute atomic E-state index is 13.8. The number of rotatable bonds is 7. The summed E-state index contributed by atoms with van der Waals surface area (Å²) in [4.78, 5) is 1.81. The zero-order valence-electron chi connectivity index (χ0n) is 13.5. The molecule has 0 bridgehead atoms. The lowest BCUT2D eigenvalue weighted by atomic mass is 10.2. The van der Waals surface area contributed by atoms with Crippen LogP contribution in [0, 0.1) is 5.82 Å². The largest absolute Gasteiger partial charge is 0.367 e. The Morgan fingerprint density at radius 3 is 2.29 bits per heavy atom. The second-order valence-corrected chi connectivity index (χ2v) is 9.64. The molecule has 0 radical (unpaired) electrons. The van der Waals surface area contributed by atoms with Crippen molar-refractivity contribution in [3.05, 3.63) is 30.1 Å². The van der Waals surface area contributed by atoms with Gasteiger partial charge in [0.05, 0.1) is 17.2 Å². The third-order valence-electron chi connectivity index (χ3n) is 3.89. The topological polar surface area (TPSA) is 86.8 Å². The maximum atomic E-state index is 13.8. The number of sulfonamides is 2. The summed E-state index contributed by atoms with van der Waals surface area (Å²) in [6.07, 6.45) is 0. The van der Waals surface area contributed by atoms with Gasteiger partial charge in [0.1, 0.15) is 5.82 Å². The molecule has 1 aromatic rings. The first-order valence-electron chi connectivity index (χ1n) is 7.70. The fourth-order valence-corrected chi connectivity index (χ4v) is 4.56. The standard InChI is InChI=1S/C14H22FN3O4S2/c1-2-23(19,20)16-7-12-24(21,22)18-10-8-17(9-11-18)14-6-4-3-5-13(14)15/h3-6,16H,2,7-12H2,1H3. The molecule has 1 aromatic carbocycles. The number of hydrogen-bond acceptors (Lipinski definition) is 5. The molecule has 0 aromatic heterocycles. The van der Waals surface area contributed by atoms with Gasteiger partial charge in [0.25, 0.3) is 0 Å². The van der Waals surface area contributed by atoms with Gasteiger partial charge < -0.3 is 4.90 Å². The fourth-order valence-electron chi connectivity index (χ4n) is 2.47. The summed E-state index contributed by atoms with van der Waals surface area (Å²) in [7, 11) is -6.95. The van der Waals surface area contributed by atoms with Crippen molar-refractivity contribution in [2.24, 2.45) is 0 Å². The van der Waals surface area contributed by atoms with Crippen molar-refractivity contribution >= 4 is 25.7 Å². The molecule has 24 heavy (non-hydrogen) atoms. The fraction of sp³-hybridized carbons (Fsp3) is 0.571. The highest BCUT2D eigenvalue weighted by Crippen LogP contribution is 2.20. The van der Waals surface area contributed by atoms with E-state index in [0.717, 1.165) is 0 Å². The van der Waals surface area contributed by atoms with Crippen LogP contribution in [0.1, 0.15) is 6.92 Å². The van der Waals surface area contributed by atoms with Gasteiger partial charge in [-0.15, -0.1) is 0 Å². The summed E-state index contributed by atoms with van der Waals surface area (Å²) in [6, 6.07) is 6.38. The van der Waals surface area contributed by atoms with Crippen LogP contribution in [0.3, 0.4) is 0 Å². The first-order chi connectivity index (χ1) is 11.2. The van der Waals surface area contributed by atoms with Crippen LogP contribution in [0.25, 0.3) is 0 Å². The quantitative estimate of drug-likeness (QED) is 0.732. The molecule has 1 aliphatic heterocycles. The van der Waals surface area contributed by atoms with Gasteiger partial charge in [0, 0.05) is 32.7 Å². The Balaban J connectivity index is 1.90. The maximum Gasteiger partial charge on any atom is 0.215 e. The summed E-state index contributed by atoms with van der Waals surface area (Å²) in [6.45, 7) is 2.61. The molecule has 10 heteroatoms. The normalized spacial score (nSPS) is 17.2. The second-order valence-electron chi connectivity index (χ2n) is 5.45. The second kappa shape index (κ2) is 7.77. The number of halogens is 1. The SMILES string of the molecule is CCS(=O)(=O)NCCS(=O)(=O)N1CCN(c2ccccc2F)CC1. The molecule has 1 saturated heterocycles. The Morgan fingerprint density at radius 1 is 1.08 bits per heavy atom. The number of para-hydroxylation sites is 1. The lowest BCUT2D eigenvalue weighted by molar-refractivity contribution is 0.383. The first kappa shape index (κ1) is 19.1. The zero-order valence-corrected chi connectivity index (χ0v) is 15.1. The number of nitrogens with zero attached hydrogens (tertiary/aromatic N) is 2. The summed E-state index contributed by atoms with van der Waals surface area (Å²) in [5, 5.41) is 0. The van der Waals surface area contributed by atoms with Crippen molar-refractivity contribution in [3.63, 3.8) is 0 Å². The molecule has 0 spiro atoms. The average molecular weight is 379 g/mol. The van der Waals surface area contributed by atoms with Crippen LogP contribution in [0.2, 0.25) is 0 Å². The summed E-state index contributed by atoms with van der Waals surface area (Å²) in [5.41, 5.74) is 0.463. The van der Waals surface area contributed by atoms with Gasteiger partial charge in [-0.1, -0.05) is 12.1 Å². The van der Waals surface area contributed by atoms with E-state index in [0.29, 0.717) is 18.8 Å². The van der Waals surface area contributed by atoms with Crippen molar-refractivity contribution in [2.75, 3.05) is 49.1 Å². The molecular formula is C14H22FN3O4S2. The van der Waals surface area contributed by atoms with Gasteiger partial charge >= 0.3 is 0 Å². The van der Waals surface area contributed by atoms with E-state index >= 15 is 0 Å². The number of hydrogen-bond donors (Lipinski definition) is 1. The van der Waals surface area contributed by atoms with Crippen LogP contribution in [-0.4, -0.2) is 65.4 Å². The van der Waals surface area contributed by atoms with Gasteiger partial charge in [0.2, 0.25) is 20.0 Å². The highest BCUT2D eigenvalue weighted by Gasteiger charge is 2.27. The van der Waals surface area contributed by atoms with E-state index in [1.807, 2.05) is 0 Å². The Bertz CT molecular complexity index is 760. The predicted molar refractivity (Wildman–Crippen MR) is 91.4 cm³/mol. The molecule has 136 valence electrons. The lowest BCUT2D eigenvalue weighted by Gasteiger charge is -2.35. The Kier molecular flexibility index (Phi) is 6.18. The van der Waals surface area contributed by atoms with E-state index in [-0.39, 0.29) is 37.0 Å². The summed E-state index contributed by atoms with van der Waals surface area (Å²) < 4.78 is 64.6. The van der Waals surface area contributed by atoms with Crippen molar-refractivity contribution in [2.45, 2.75) is 6.92 Å². The third kappa shape index (κ3) is 4.88. The van der Waals surface area contributed by atoms with Gasteiger partial charge in [-0.2, -0.15) is 4.31 Å². The molecule has 2 rings (SSSR count). The van der Waals surface area contributed by atoms with E-state index in [2.05, 4.69) is 4.72 Å². The van der Waals surface area contributed by atoms with Crippen molar-refractivity contribution < 1.29 is 21.2 Å². The van der Waals surface area contributed by atoms with Gasteiger partial charge in [-0.05, 0) is 19.1 Å². The summed E-state index contributed by atoms with van der Waals surface area (Å²) in [5.74, 6) is -0.705. The molecule has 0 saturated carbocycles. The molecule has 0 unspecified atom stereocenters. The molecular weight excluding hydrogens is 357 g/mol. The molecule has 0 aliphatic carbocycles. The predicted octanol–water partition coefficient (Wildman–Crippen LogP) is 0.217. The minimum absolute atomic E-state index is 0.0889. The van der Waals surface area contributed by atoms with Crippen LogP contribution in [0.15, 0.2) is 24.3 Å². The van der Waals surface area contributed by atoms with Crippen LogP contribution in [0.4, 0.5) is 10.1 Å². The Hall–Kier alpha value is -1.23. The Morgan fingerprint density at radius 2 is 1.71 bits per heavy atom. The first-order valence-corrected chi connectivity index (χ1v) is 11.0. The van der Waals surface area contributed by atoms with Crippen molar-refractivity contribution in [1.29, 1.82) is 0 Å². The number of anilines is 1. The molecule has 1 heterocycles. The number of nitrogens with one attached hydrogen (secondary N) is 1. The zero-order chi connectivity index (χ0) is 17.8. The van der Waals surface area contributed by atoms with E-state index in [1.54, 1.807) is 23.1 Å². The molecule has 1 fully saturated rings. The highest BCUT2D eigenvalue weighted by molar-refractivity contribution is 7.90. The number of benzene rings is 1. The van der Waals surface area contributed by atoms with Crippen LogP contribution < -0.4 is 9.62 Å². The molecule has 0 amide bonds. The van der Waals surface area contributed by atoms with Crippen molar-refractivity contribution in [1.82, 2.24) is 9.03 Å². The van der Waals surface area contributed by atoms with E-state index in [4.69, 9.17) is 0 Å². The lowest BCUT2D eigenvalue weighted by Crippen LogP contribution is -2.50.